The molecule has 0 N–H and O–H groups in total. The number of pyridine rings is 1. The van der Waals surface area contributed by atoms with Crippen LogP contribution in [0.15, 0.2) is 53.6 Å². The number of hydrogen-bond acceptors (Lipinski definition) is 7. The number of carbonyl (C=O) groups is 1. The molecule has 1 saturated carbocycles. The van der Waals surface area contributed by atoms with Gasteiger partial charge in [0.2, 0.25) is 15.9 Å². The molecule has 2 aromatic carbocycles. The van der Waals surface area contributed by atoms with Crippen molar-refractivity contribution in [2.45, 2.75) is 103 Å². The Morgan fingerprint density at radius 2 is 1.89 bits per heavy atom. The molecular weight excluding hydrogens is 586 g/mol. The van der Waals surface area contributed by atoms with Gasteiger partial charge in [0.25, 0.3) is 0 Å². The highest BCUT2D eigenvalue weighted by Gasteiger charge is 2.35. The van der Waals surface area contributed by atoms with Crippen molar-refractivity contribution in [1.82, 2.24) is 24.3 Å². The molecule has 3 heterocycles. The van der Waals surface area contributed by atoms with Crippen molar-refractivity contribution in [3.8, 4) is 5.88 Å². The van der Waals surface area contributed by atoms with Gasteiger partial charge in [-0.25, -0.2) is 18.1 Å². The van der Waals surface area contributed by atoms with E-state index in [1.165, 1.54) is 17.1 Å². The van der Waals surface area contributed by atoms with E-state index >= 15 is 0 Å². The minimum atomic E-state index is -3.85. The van der Waals surface area contributed by atoms with Gasteiger partial charge in [-0.05, 0) is 79.1 Å². The van der Waals surface area contributed by atoms with Crippen molar-refractivity contribution in [1.29, 1.82) is 0 Å². The predicted octanol–water partition coefficient (Wildman–Crippen LogP) is 6.50. The summed E-state index contributed by atoms with van der Waals surface area (Å²) in [5.41, 5.74) is 6.81. The maximum absolute atomic E-state index is 13.9. The van der Waals surface area contributed by atoms with Crippen molar-refractivity contribution in [2.24, 2.45) is 5.92 Å². The molecule has 6 rings (SSSR count). The molecule has 0 bridgehead atoms. The van der Waals surface area contributed by atoms with Crippen LogP contribution >= 0.6 is 0 Å². The molecule has 4 aromatic rings. The first-order valence-electron chi connectivity index (χ1n) is 16.2. The number of benzene rings is 2. The zero-order valence-corrected chi connectivity index (χ0v) is 27.5. The minimum Gasteiger partial charge on any atom is -0.472 e. The molecule has 1 aliphatic heterocycles. The van der Waals surface area contributed by atoms with Crippen LogP contribution in [0.2, 0.25) is 0 Å². The van der Waals surface area contributed by atoms with Crippen molar-refractivity contribution >= 4 is 26.8 Å². The number of sulfonamides is 1. The number of carbonyl (C=O) groups excluding carboxylic acids is 1. The van der Waals surface area contributed by atoms with Gasteiger partial charge >= 0.3 is 0 Å². The molecule has 2 aliphatic rings. The largest absolute Gasteiger partial charge is 0.472 e. The Bertz CT molecular complexity index is 1810. The number of aromatic nitrogens is 4. The highest BCUT2D eigenvalue weighted by Crippen LogP contribution is 2.37. The topological polar surface area (TPSA) is 107 Å². The first-order chi connectivity index (χ1) is 21.7. The summed E-state index contributed by atoms with van der Waals surface area (Å²) in [5.74, 6) is 0.711. The number of ketones is 1. The van der Waals surface area contributed by atoms with Crippen molar-refractivity contribution < 1.29 is 17.9 Å². The molecule has 0 unspecified atom stereocenters. The predicted molar refractivity (Wildman–Crippen MR) is 174 cm³/mol. The summed E-state index contributed by atoms with van der Waals surface area (Å²) in [5, 5.41) is 8.83. The zero-order chi connectivity index (χ0) is 31.7. The number of rotatable bonds is 10. The highest BCUT2D eigenvalue weighted by molar-refractivity contribution is 7.89. The van der Waals surface area contributed by atoms with Gasteiger partial charge in [-0.1, -0.05) is 62.1 Å². The molecule has 0 spiro atoms. The van der Waals surface area contributed by atoms with Crippen LogP contribution in [-0.2, 0) is 27.9 Å². The summed E-state index contributed by atoms with van der Waals surface area (Å²) in [4.78, 5) is 17.9. The lowest BCUT2D eigenvalue weighted by molar-refractivity contribution is -0.120. The van der Waals surface area contributed by atoms with Gasteiger partial charge in [0, 0.05) is 38.0 Å². The summed E-state index contributed by atoms with van der Waals surface area (Å²) < 4.78 is 37.2. The third-order valence-corrected chi connectivity index (χ3v) is 11.5. The van der Waals surface area contributed by atoms with E-state index in [2.05, 4.69) is 46.5 Å². The lowest BCUT2D eigenvalue weighted by atomic mass is 9.82. The smallest absolute Gasteiger partial charge is 0.248 e. The molecule has 10 heteroatoms. The van der Waals surface area contributed by atoms with E-state index in [1.54, 1.807) is 18.3 Å². The molecular formula is C35H43N5O4S. The van der Waals surface area contributed by atoms with Crippen molar-refractivity contribution in [3.05, 3.63) is 76.5 Å². The van der Waals surface area contributed by atoms with E-state index in [0.717, 1.165) is 58.2 Å². The standard InChI is InChI=1S/C35H43N5O4S/c1-5-29-22-39(45(42,43)33-12-9-17-36-35(33)44-29)21-27-19-26(14-13-23(27)3)31(20-28(41)18-25-10-7-8-11-25)30-15-16-32-34(24(30)4)37-38-40(32)6-2/h9,12-17,19,25,29,31H,5-8,10-11,18,20-22H2,1-4H3/t29-,31+/m1/s1. The lowest BCUT2D eigenvalue weighted by Crippen LogP contribution is -2.36. The normalized spacial score (nSPS) is 19.2. The lowest BCUT2D eigenvalue weighted by Gasteiger charge is -2.25. The third-order valence-electron chi connectivity index (χ3n) is 9.70. The molecule has 2 aromatic heterocycles. The monoisotopic (exact) mass is 629 g/mol. The van der Waals surface area contributed by atoms with Gasteiger partial charge in [0.1, 0.15) is 22.3 Å². The fraction of sp³-hybridized carbons (Fsp3) is 0.486. The van der Waals surface area contributed by atoms with E-state index in [4.69, 9.17) is 4.74 Å². The number of hydrogen-bond donors (Lipinski definition) is 0. The molecule has 45 heavy (non-hydrogen) atoms. The summed E-state index contributed by atoms with van der Waals surface area (Å²) in [6.45, 7) is 9.25. The Hall–Kier alpha value is -3.63. The van der Waals surface area contributed by atoms with Crippen molar-refractivity contribution in [3.63, 3.8) is 0 Å². The van der Waals surface area contributed by atoms with Crippen LogP contribution in [0, 0.1) is 19.8 Å². The van der Waals surface area contributed by atoms with E-state index in [0.29, 0.717) is 25.2 Å². The van der Waals surface area contributed by atoms with Gasteiger partial charge in [-0.2, -0.15) is 4.31 Å². The van der Waals surface area contributed by atoms with Crippen LogP contribution in [0.3, 0.4) is 0 Å². The number of Topliss-reactive ketones (excluding diaryl/α,β-unsaturated/α-hetero) is 1. The fourth-order valence-electron chi connectivity index (χ4n) is 7.00. The van der Waals surface area contributed by atoms with Crippen LogP contribution in [-0.4, -0.2) is 51.1 Å². The maximum atomic E-state index is 13.9. The Balaban J connectivity index is 1.38. The van der Waals surface area contributed by atoms with Gasteiger partial charge in [-0.3, -0.25) is 4.79 Å². The summed E-state index contributed by atoms with van der Waals surface area (Å²) in [6.07, 6.45) is 7.55. The van der Waals surface area contributed by atoms with E-state index in [1.807, 2.05) is 31.5 Å². The van der Waals surface area contributed by atoms with Crippen LogP contribution in [0.25, 0.3) is 11.0 Å². The molecule has 1 aliphatic carbocycles. The number of aryl methyl sites for hydroxylation is 3. The Kier molecular flexibility index (Phi) is 9.06. The van der Waals surface area contributed by atoms with Crippen LogP contribution in [0.1, 0.15) is 92.5 Å². The van der Waals surface area contributed by atoms with E-state index in [9.17, 15) is 13.2 Å². The first kappa shape index (κ1) is 31.4. The molecule has 0 radical (unpaired) electrons. The van der Waals surface area contributed by atoms with Crippen LogP contribution < -0.4 is 4.74 Å². The van der Waals surface area contributed by atoms with Gasteiger partial charge < -0.3 is 4.74 Å². The number of fused-ring (bicyclic) bond motifs is 2. The van der Waals surface area contributed by atoms with Gasteiger partial charge in [0.05, 0.1) is 12.1 Å². The first-order valence-corrected chi connectivity index (χ1v) is 17.7. The highest BCUT2D eigenvalue weighted by atomic mass is 32.2. The molecule has 0 amide bonds. The van der Waals surface area contributed by atoms with Crippen molar-refractivity contribution in [2.75, 3.05) is 6.54 Å². The summed E-state index contributed by atoms with van der Waals surface area (Å²) >= 11 is 0. The Morgan fingerprint density at radius 3 is 2.64 bits per heavy atom. The quantitative estimate of drug-likeness (QED) is 0.197. The molecule has 9 nitrogen and oxygen atoms in total. The van der Waals surface area contributed by atoms with E-state index in [-0.39, 0.29) is 41.7 Å². The SMILES string of the molecule is CC[C@@H]1CN(Cc2cc([C@H](CC(=O)CC3CCCC3)c3ccc4c(nnn4CC)c3C)ccc2C)S(=O)(=O)c2cccnc2O1. The van der Waals surface area contributed by atoms with Gasteiger partial charge in [-0.15, -0.1) is 5.10 Å². The fourth-order valence-corrected chi connectivity index (χ4v) is 8.52. The van der Waals surface area contributed by atoms with Crippen LogP contribution in [0.5, 0.6) is 5.88 Å². The summed E-state index contributed by atoms with van der Waals surface area (Å²) in [7, 11) is -3.85. The molecule has 0 saturated heterocycles. The van der Waals surface area contributed by atoms with Gasteiger partial charge in [0.15, 0.2) is 0 Å². The second-order valence-electron chi connectivity index (χ2n) is 12.6. The average Bonchev–Trinajstić information content (AvgIpc) is 3.68. The Morgan fingerprint density at radius 1 is 1.09 bits per heavy atom. The Labute approximate surface area is 266 Å². The van der Waals surface area contributed by atoms with Crippen LogP contribution in [0.4, 0.5) is 0 Å². The average molecular weight is 630 g/mol. The second kappa shape index (κ2) is 13.0. The molecule has 2 atom stereocenters. The summed E-state index contributed by atoms with van der Waals surface area (Å²) in [6, 6.07) is 13.6. The number of nitrogens with zero attached hydrogens (tertiary/aromatic N) is 5. The third kappa shape index (κ3) is 6.27. The number of ether oxygens (including phenoxy) is 1. The molecule has 1 fully saturated rings. The maximum Gasteiger partial charge on any atom is 0.248 e. The molecule has 238 valence electrons. The zero-order valence-electron chi connectivity index (χ0n) is 26.7. The van der Waals surface area contributed by atoms with E-state index < -0.39 is 10.0 Å². The minimum absolute atomic E-state index is 0.0918. The second-order valence-corrected chi connectivity index (χ2v) is 14.5.